The van der Waals surface area contributed by atoms with E-state index < -0.39 is 23.5 Å². The number of fused-ring (bicyclic) bond motifs is 1. The first-order valence-electron chi connectivity index (χ1n) is 10.8. The number of benzene rings is 4. The van der Waals surface area contributed by atoms with E-state index in [4.69, 9.17) is 0 Å². The number of phenolic OH excluding ortho intramolecular Hbond substituents is 1. The molecule has 0 radical (unpaired) electrons. The highest BCUT2D eigenvalue weighted by Gasteiger charge is 2.16. The highest BCUT2D eigenvalue weighted by molar-refractivity contribution is 6.14. The van der Waals surface area contributed by atoms with Gasteiger partial charge in [0.1, 0.15) is 17.4 Å². The lowest BCUT2D eigenvalue weighted by molar-refractivity contribution is -0.132. The van der Waals surface area contributed by atoms with Crippen molar-refractivity contribution in [2.75, 3.05) is 5.32 Å². The van der Waals surface area contributed by atoms with Gasteiger partial charge in [0.05, 0.1) is 5.69 Å². The second-order valence-corrected chi connectivity index (χ2v) is 7.96. The number of rotatable bonds is 6. The molecule has 176 valence electrons. The van der Waals surface area contributed by atoms with Crippen LogP contribution in [-0.2, 0) is 4.79 Å². The third kappa shape index (κ3) is 5.19. The van der Waals surface area contributed by atoms with Crippen LogP contribution in [0, 0.1) is 11.6 Å². The van der Waals surface area contributed by atoms with Gasteiger partial charge in [-0.2, -0.15) is 0 Å². The van der Waals surface area contributed by atoms with Crippen molar-refractivity contribution in [2.24, 2.45) is 0 Å². The van der Waals surface area contributed by atoms with Crippen LogP contribution in [0.4, 0.5) is 14.5 Å². The number of hydrogen-bond donors (Lipinski definition) is 3. The number of carboxylic acids is 1. The van der Waals surface area contributed by atoms with Gasteiger partial charge >= 0.3 is 5.97 Å². The van der Waals surface area contributed by atoms with Crippen molar-refractivity contribution >= 4 is 34.4 Å². The smallest absolute Gasteiger partial charge is 0.331 e. The maximum absolute atomic E-state index is 14.5. The van der Waals surface area contributed by atoms with Crippen LogP contribution in [0.25, 0.3) is 28.0 Å². The Bertz CT molecular complexity index is 1470. The number of hydrogen-bond acceptors (Lipinski definition) is 3. The first kappa shape index (κ1) is 23.6. The molecule has 0 unspecified atom stereocenters. The van der Waals surface area contributed by atoms with Crippen LogP contribution < -0.4 is 5.32 Å². The van der Waals surface area contributed by atoms with Crippen LogP contribution in [-0.4, -0.2) is 22.1 Å². The largest absolute Gasteiger partial charge is 0.508 e. The Balaban J connectivity index is 1.77. The van der Waals surface area contributed by atoms with E-state index in [2.05, 4.69) is 5.32 Å². The third-order valence-corrected chi connectivity index (χ3v) is 5.56. The van der Waals surface area contributed by atoms with Crippen LogP contribution in [0.15, 0.2) is 78.4 Å². The van der Waals surface area contributed by atoms with E-state index in [1.54, 1.807) is 43.3 Å². The summed E-state index contributed by atoms with van der Waals surface area (Å²) in [4.78, 5) is 24.6. The van der Waals surface area contributed by atoms with Crippen molar-refractivity contribution in [1.29, 1.82) is 0 Å². The summed E-state index contributed by atoms with van der Waals surface area (Å²) < 4.78 is 28.4. The Morgan fingerprint density at radius 1 is 0.943 bits per heavy atom. The molecule has 0 saturated carbocycles. The van der Waals surface area contributed by atoms with Gasteiger partial charge in [-0.05, 0) is 76.4 Å². The van der Waals surface area contributed by atoms with Gasteiger partial charge in [-0.15, -0.1) is 0 Å². The summed E-state index contributed by atoms with van der Waals surface area (Å²) in [6, 6.07) is 18.0. The van der Waals surface area contributed by atoms with E-state index in [1.165, 1.54) is 30.3 Å². The van der Waals surface area contributed by atoms with Crippen molar-refractivity contribution < 1.29 is 28.6 Å². The quantitative estimate of drug-likeness (QED) is 0.275. The zero-order valence-electron chi connectivity index (χ0n) is 18.7. The first-order chi connectivity index (χ1) is 16.7. The Kier molecular flexibility index (Phi) is 6.59. The fourth-order valence-electron chi connectivity index (χ4n) is 3.84. The monoisotopic (exact) mass is 473 g/mol. The van der Waals surface area contributed by atoms with E-state index >= 15 is 0 Å². The van der Waals surface area contributed by atoms with Gasteiger partial charge in [-0.25, -0.2) is 13.6 Å². The second-order valence-electron chi connectivity index (χ2n) is 7.96. The van der Waals surface area contributed by atoms with E-state index in [1.807, 2.05) is 0 Å². The normalized spacial score (nSPS) is 11.5. The van der Waals surface area contributed by atoms with Crippen molar-refractivity contribution in [2.45, 2.75) is 13.3 Å². The number of amides is 1. The van der Waals surface area contributed by atoms with Crippen molar-refractivity contribution in [3.63, 3.8) is 0 Å². The lowest BCUT2D eigenvalue weighted by Crippen LogP contribution is -2.14. The van der Waals surface area contributed by atoms with Crippen molar-refractivity contribution in [3.05, 3.63) is 101 Å². The molecule has 0 aliphatic carbocycles. The molecule has 3 N–H and O–H groups in total. The molecule has 0 bridgehead atoms. The molecule has 0 saturated heterocycles. The molecule has 7 heteroatoms. The molecule has 35 heavy (non-hydrogen) atoms. The average molecular weight is 473 g/mol. The predicted molar refractivity (Wildman–Crippen MR) is 131 cm³/mol. The van der Waals surface area contributed by atoms with Crippen LogP contribution in [0.3, 0.4) is 0 Å². The maximum Gasteiger partial charge on any atom is 0.331 e. The molecule has 0 heterocycles. The van der Waals surface area contributed by atoms with Gasteiger partial charge in [-0.1, -0.05) is 37.3 Å². The van der Waals surface area contributed by atoms with E-state index in [0.29, 0.717) is 27.5 Å². The van der Waals surface area contributed by atoms with E-state index in [-0.39, 0.29) is 29.0 Å². The van der Waals surface area contributed by atoms with E-state index in [9.17, 15) is 28.6 Å². The van der Waals surface area contributed by atoms with Gasteiger partial charge in [-0.3, -0.25) is 4.79 Å². The number of phenols is 1. The molecule has 0 atom stereocenters. The van der Waals surface area contributed by atoms with Crippen molar-refractivity contribution in [1.82, 2.24) is 0 Å². The summed E-state index contributed by atoms with van der Waals surface area (Å²) >= 11 is 0. The van der Waals surface area contributed by atoms with Crippen LogP contribution in [0.2, 0.25) is 0 Å². The Labute approximate surface area is 200 Å². The highest BCUT2D eigenvalue weighted by atomic mass is 19.1. The molecule has 4 rings (SSSR count). The fraction of sp³-hybridized carbons (Fsp3) is 0.0714. The molecular weight excluding hydrogens is 452 g/mol. The van der Waals surface area contributed by atoms with E-state index in [0.717, 1.165) is 12.1 Å². The van der Waals surface area contributed by atoms with Crippen molar-refractivity contribution in [3.8, 4) is 16.9 Å². The number of carboxylic acid groups (broad SMARTS) is 1. The van der Waals surface area contributed by atoms with Crippen LogP contribution in [0.5, 0.6) is 5.75 Å². The summed E-state index contributed by atoms with van der Waals surface area (Å²) in [5.74, 6) is -3.23. The second kappa shape index (κ2) is 9.77. The van der Waals surface area contributed by atoms with Crippen LogP contribution >= 0.6 is 0 Å². The first-order valence-corrected chi connectivity index (χ1v) is 10.8. The SMILES string of the molecule is CCC(=Cc1ccc(F)c(NC(=O)c2cc(-c3cc(O)cc(F)c3)cc3ccccc23)c1)C(=O)O. The molecule has 1 amide bonds. The van der Waals surface area contributed by atoms with Gasteiger partial charge in [0.2, 0.25) is 0 Å². The molecule has 0 aromatic heterocycles. The Morgan fingerprint density at radius 2 is 1.69 bits per heavy atom. The number of carbonyl (C=O) groups excluding carboxylic acids is 1. The molecule has 0 aliphatic heterocycles. The predicted octanol–water partition coefficient (Wildman–Crippen LogP) is 6.62. The number of aromatic hydroxyl groups is 1. The zero-order valence-corrected chi connectivity index (χ0v) is 18.7. The molecule has 0 spiro atoms. The molecule has 0 fully saturated rings. The van der Waals surface area contributed by atoms with Gasteiger partial charge in [0, 0.05) is 17.2 Å². The lowest BCUT2D eigenvalue weighted by atomic mass is 9.96. The average Bonchev–Trinajstić information content (AvgIpc) is 2.82. The number of carbonyl (C=O) groups is 2. The van der Waals surface area contributed by atoms with Gasteiger partial charge in [0.15, 0.2) is 0 Å². The maximum atomic E-state index is 14.5. The Hall–Kier alpha value is -4.52. The summed E-state index contributed by atoms with van der Waals surface area (Å²) in [5, 5.41) is 22.9. The van der Waals surface area contributed by atoms with Gasteiger partial charge in [0.25, 0.3) is 5.91 Å². The third-order valence-electron chi connectivity index (χ3n) is 5.56. The summed E-state index contributed by atoms with van der Waals surface area (Å²) in [5.41, 5.74) is 1.56. The number of nitrogens with one attached hydrogen (secondary N) is 1. The molecule has 5 nitrogen and oxygen atoms in total. The zero-order chi connectivity index (χ0) is 25.1. The Morgan fingerprint density at radius 3 is 2.40 bits per heavy atom. The number of anilines is 1. The summed E-state index contributed by atoms with van der Waals surface area (Å²) in [6.07, 6.45) is 1.70. The highest BCUT2D eigenvalue weighted by Crippen LogP contribution is 2.31. The summed E-state index contributed by atoms with van der Waals surface area (Å²) in [6.45, 7) is 1.70. The number of aliphatic carboxylic acids is 1. The topological polar surface area (TPSA) is 86.6 Å². The van der Waals surface area contributed by atoms with Crippen LogP contribution in [0.1, 0.15) is 29.3 Å². The molecule has 4 aromatic rings. The number of halogens is 2. The van der Waals surface area contributed by atoms with Gasteiger partial charge < -0.3 is 15.5 Å². The molecular formula is C28H21F2NO4. The molecule has 4 aromatic carbocycles. The lowest BCUT2D eigenvalue weighted by Gasteiger charge is -2.13. The minimum Gasteiger partial charge on any atom is -0.508 e. The standard InChI is InChI=1S/C28H21F2NO4/c1-2-17(28(34)35)9-16-7-8-25(30)26(10-16)31-27(33)24-14-19(11-18-5-3-4-6-23(18)24)20-12-21(29)15-22(32)13-20/h3-15,32H,2H2,1H3,(H,31,33)(H,34,35). The minimum absolute atomic E-state index is 0.109. The fourth-order valence-corrected chi connectivity index (χ4v) is 3.84. The molecule has 0 aliphatic rings. The summed E-state index contributed by atoms with van der Waals surface area (Å²) in [7, 11) is 0. The minimum atomic E-state index is -1.07.